The molecule has 2 N–H and O–H groups in total. The highest BCUT2D eigenvalue weighted by Gasteiger charge is 2.10. The minimum atomic E-state index is -0.528. The van der Waals surface area contributed by atoms with Crippen LogP contribution in [0.25, 0.3) is 0 Å². The van der Waals surface area contributed by atoms with Crippen LogP contribution >= 0.6 is 0 Å². The van der Waals surface area contributed by atoms with E-state index in [-0.39, 0.29) is 5.78 Å². The number of carbonyl (C=O) groups is 2. The molecule has 2 rings (SSSR count). The summed E-state index contributed by atoms with van der Waals surface area (Å²) in [5, 5.41) is 0. The Morgan fingerprint density at radius 3 is 2.27 bits per heavy atom. The molecule has 114 valence electrons. The Bertz CT molecular complexity index is 698. The fourth-order valence-corrected chi connectivity index (χ4v) is 2.28. The first-order valence-corrected chi connectivity index (χ1v) is 6.90. The standard InChI is InChI=1S/C17H18N2O3/c1-10-6-13(8-12(3)20)7-11(2)16(10)22-15-5-4-14(9-19-15)17(18)21/h4-7,9H,8H2,1-3H3,(H2,18,21). The number of carbonyl (C=O) groups excluding carboxylic acids is 2. The Hall–Kier alpha value is -2.69. The number of hydrogen-bond donors (Lipinski definition) is 1. The molecule has 0 radical (unpaired) electrons. The molecule has 0 fully saturated rings. The topological polar surface area (TPSA) is 82.3 Å². The van der Waals surface area contributed by atoms with Gasteiger partial charge in [-0.05, 0) is 43.5 Å². The molecule has 2 aromatic rings. The van der Waals surface area contributed by atoms with Gasteiger partial charge in [0.05, 0.1) is 5.56 Å². The van der Waals surface area contributed by atoms with Crippen LogP contribution in [0.15, 0.2) is 30.5 Å². The van der Waals surface area contributed by atoms with Gasteiger partial charge in [-0.15, -0.1) is 0 Å². The number of rotatable bonds is 5. The molecule has 0 aliphatic heterocycles. The van der Waals surface area contributed by atoms with Crippen LogP contribution < -0.4 is 10.5 Å². The zero-order valence-electron chi connectivity index (χ0n) is 12.8. The Kier molecular flexibility index (Phi) is 4.56. The molecule has 0 aliphatic rings. The second-order valence-electron chi connectivity index (χ2n) is 5.29. The lowest BCUT2D eigenvalue weighted by atomic mass is 10.0. The van der Waals surface area contributed by atoms with Crippen LogP contribution in [-0.2, 0) is 11.2 Å². The van der Waals surface area contributed by atoms with Gasteiger partial charge in [-0.2, -0.15) is 0 Å². The SMILES string of the molecule is CC(=O)Cc1cc(C)c(Oc2ccc(C(N)=O)cn2)c(C)c1. The molecule has 5 nitrogen and oxygen atoms in total. The van der Waals surface area contributed by atoms with E-state index >= 15 is 0 Å². The van der Waals surface area contributed by atoms with Gasteiger partial charge in [0, 0.05) is 18.7 Å². The minimum absolute atomic E-state index is 0.121. The highest BCUT2D eigenvalue weighted by molar-refractivity contribution is 5.92. The predicted octanol–water partition coefficient (Wildman–Crippen LogP) is 2.72. The van der Waals surface area contributed by atoms with Gasteiger partial charge in [-0.3, -0.25) is 9.59 Å². The van der Waals surface area contributed by atoms with E-state index in [1.807, 2.05) is 26.0 Å². The summed E-state index contributed by atoms with van der Waals surface area (Å²) < 4.78 is 5.79. The molecule has 0 saturated heterocycles. The van der Waals surface area contributed by atoms with Gasteiger partial charge in [0.25, 0.3) is 0 Å². The predicted molar refractivity (Wildman–Crippen MR) is 83.1 cm³/mol. The summed E-state index contributed by atoms with van der Waals surface area (Å²) in [4.78, 5) is 26.3. The molecule has 1 aromatic carbocycles. The molecule has 1 heterocycles. The molecule has 1 amide bonds. The number of pyridine rings is 1. The zero-order valence-corrected chi connectivity index (χ0v) is 12.8. The maximum Gasteiger partial charge on any atom is 0.250 e. The lowest BCUT2D eigenvalue weighted by Crippen LogP contribution is -2.11. The highest BCUT2D eigenvalue weighted by atomic mass is 16.5. The number of primary amides is 1. The summed E-state index contributed by atoms with van der Waals surface area (Å²) in [5.74, 6) is 0.679. The van der Waals surface area contributed by atoms with E-state index in [1.165, 1.54) is 6.20 Å². The van der Waals surface area contributed by atoms with Crippen molar-refractivity contribution in [2.45, 2.75) is 27.2 Å². The Morgan fingerprint density at radius 1 is 1.18 bits per heavy atom. The zero-order chi connectivity index (χ0) is 16.3. The van der Waals surface area contributed by atoms with Gasteiger partial charge in [0.2, 0.25) is 11.8 Å². The lowest BCUT2D eigenvalue weighted by molar-refractivity contribution is -0.116. The van der Waals surface area contributed by atoms with Crippen molar-refractivity contribution in [2.24, 2.45) is 5.73 Å². The molecular weight excluding hydrogens is 280 g/mol. The van der Waals surface area contributed by atoms with Crippen molar-refractivity contribution in [3.63, 3.8) is 0 Å². The van der Waals surface area contributed by atoms with Gasteiger partial charge < -0.3 is 10.5 Å². The van der Waals surface area contributed by atoms with E-state index in [1.54, 1.807) is 19.1 Å². The second kappa shape index (κ2) is 6.39. The monoisotopic (exact) mass is 298 g/mol. The van der Waals surface area contributed by atoms with E-state index in [4.69, 9.17) is 10.5 Å². The van der Waals surface area contributed by atoms with Crippen molar-refractivity contribution in [3.05, 3.63) is 52.7 Å². The minimum Gasteiger partial charge on any atom is -0.438 e. The first kappa shape index (κ1) is 15.7. The molecule has 0 spiro atoms. The van der Waals surface area contributed by atoms with Crippen molar-refractivity contribution >= 4 is 11.7 Å². The molecule has 0 unspecified atom stereocenters. The third kappa shape index (κ3) is 3.69. The summed E-state index contributed by atoms with van der Waals surface area (Å²) in [5.41, 5.74) is 8.33. The Morgan fingerprint density at radius 2 is 1.82 bits per heavy atom. The van der Waals surface area contributed by atoms with Crippen LogP contribution in [0.3, 0.4) is 0 Å². The molecule has 5 heteroatoms. The summed E-state index contributed by atoms with van der Waals surface area (Å²) >= 11 is 0. The van der Waals surface area contributed by atoms with Crippen molar-refractivity contribution < 1.29 is 14.3 Å². The number of Topliss-reactive ketones (excluding diaryl/α,β-unsaturated/α-hetero) is 1. The van der Waals surface area contributed by atoms with Gasteiger partial charge in [-0.25, -0.2) is 4.98 Å². The molecule has 0 aliphatic carbocycles. The number of ether oxygens (including phenoxy) is 1. The van der Waals surface area contributed by atoms with E-state index in [0.29, 0.717) is 23.6 Å². The number of amides is 1. The normalized spacial score (nSPS) is 10.3. The van der Waals surface area contributed by atoms with Gasteiger partial charge in [-0.1, -0.05) is 12.1 Å². The average molecular weight is 298 g/mol. The van der Waals surface area contributed by atoms with Crippen LogP contribution in [0.2, 0.25) is 0 Å². The molecule has 22 heavy (non-hydrogen) atoms. The lowest BCUT2D eigenvalue weighted by Gasteiger charge is -2.13. The first-order chi connectivity index (χ1) is 10.4. The maximum absolute atomic E-state index is 11.2. The van der Waals surface area contributed by atoms with E-state index in [9.17, 15) is 9.59 Å². The van der Waals surface area contributed by atoms with Crippen molar-refractivity contribution in [1.29, 1.82) is 0 Å². The highest BCUT2D eigenvalue weighted by Crippen LogP contribution is 2.29. The first-order valence-electron chi connectivity index (χ1n) is 6.90. The second-order valence-corrected chi connectivity index (χ2v) is 5.29. The number of nitrogens with zero attached hydrogens (tertiary/aromatic N) is 1. The fraction of sp³-hybridized carbons (Fsp3) is 0.235. The Balaban J connectivity index is 2.25. The molecule has 1 aromatic heterocycles. The summed E-state index contributed by atoms with van der Waals surface area (Å²) in [7, 11) is 0. The number of aromatic nitrogens is 1. The van der Waals surface area contributed by atoms with E-state index in [0.717, 1.165) is 16.7 Å². The number of ketones is 1. The van der Waals surface area contributed by atoms with Gasteiger partial charge >= 0.3 is 0 Å². The average Bonchev–Trinajstić information content (AvgIpc) is 2.42. The van der Waals surface area contributed by atoms with E-state index < -0.39 is 5.91 Å². The van der Waals surface area contributed by atoms with E-state index in [2.05, 4.69) is 4.98 Å². The number of hydrogen-bond acceptors (Lipinski definition) is 4. The van der Waals surface area contributed by atoms with Gasteiger partial charge in [0.15, 0.2) is 0 Å². The largest absolute Gasteiger partial charge is 0.438 e. The number of nitrogens with two attached hydrogens (primary N) is 1. The fourth-order valence-electron chi connectivity index (χ4n) is 2.28. The Labute approximate surface area is 129 Å². The van der Waals surface area contributed by atoms with Crippen LogP contribution in [-0.4, -0.2) is 16.7 Å². The third-order valence-electron chi connectivity index (χ3n) is 3.20. The molecule has 0 atom stereocenters. The van der Waals surface area contributed by atoms with Crippen molar-refractivity contribution in [3.8, 4) is 11.6 Å². The summed E-state index contributed by atoms with van der Waals surface area (Å²) in [6.45, 7) is 5.41. The smallest absolute Gasteiger partial charge is 0.250 e. The number of benzene rings is 1. The van der Waals surface area contributed by atoms with Crippen LogP contribution in [0.5, 0.6) is 11.6 Å². The third-order valence-corrected chi connectivity index (χ3v) is 3.20. The molecule has 0 saturated carbocycles. The number of aryl methyl sites for hydroxylation is 2. The molecule has 0 bridgehead atoms. The van der Waals surface area contributed by atoms with Crippen molar-refractivity contribution in [2.75, 3.05) is 0 Å². The quantitative estimate of drug-likeness (QED) is 0.920. The summed E-state index contributed by atoms with van der Waals surface area (Å²) in [6.07, 6.45) is 1.79. The van der Waals surface area contributed by atoms with Gasteiger partial charge in [0.1, 0.15) is 11.5 Å². The summed E-state index contributed by atoms with van der Waals surface area (Å²) in [6, 6.07) is 7.03. The molecular formula is C17H18N2O3. The van der Waals surface area contributed by atoms with Crippen LogP contribution in [0.1, 0.15) is 34.0 Å². The maximum atomic E-state index is 11.2. The van der Waals surface area contributed by atoms with Crippen LogP contribution in [0.4, 0.5) is 0 Å². The van der Waals surface area contributed by atoms with Crippen LogP contribution in [0, 0.1) is 13.8 Å². The van der Waals surface area contributed by atoms with Crippen molar-refractivity contribution in [1.82, 2.24) is 4.98 Å².